The maximum atomic E-state index is 6.79. The minimum atomic E-state index is -0.0414. The van der Waals surface area contributed by atoms with Crippen molar-refractivity contribution in [3.05, 3.63) is 0 Å². The number of ether oxygens (including phenoxy) is 1. The monoisotopic (exact) mass is 176 g/mol. The highest BCUT2D eigenvalue weighted by Gasteiger charge is 1.90. The maximum Gasteiger partial charge on any atom is 0.253 e. The van der Waals surface area contributed by atoms with Crippen molar-refractivity contribution in [2.24, 2.45) is 11.5 Å². The summed E-state index contributed by atoms with van der Waals surface area (Å²) in [6.07, 6.45) is 0.719. The molecule has 0 bridgehead atoms. The first-order valence-electron chi connectivity index (χ1n) is 3.13. The van der Waals surface area contributed by atoms with Gasteiger partial charge in [-0.3, -0.25) is 5.41 Å². The van der Waals surface area contributed by atoms with Crippen LogP contribution in [0.15, 0.2) is 0 Å². The minimum absolute atomic E-state index is 0.0414. The summed E-state index contributed by atoms with van der Waals surface area (Å²) < 4.78 is 4.78. The fourth-order valence-electron chi connectivity index (χ4n) is 0.468. The van der Waals surface area contributed by atoms with E-state index in [1.165, 1.54) is 0 Å². The van der Waals surface area contributed by atoms with E-state index in [0.717, 1.165) is 6.42 Å². The molecule has 0 aliphatic carbocycles. The molecule has 0 aromatic heterocycles. The van der Waals surface area contributed by atoms with Crippen LogP contribution in [-0.4, -0.2) is 24.3 Å². The van der Waals surface area contributed by atoms with Gasteiger partial charge in [0.15, 0.2) is 5.96 Å². The smallest absolute Gasteiger partial charge is 0.253 e. The first-order chi connectivity index (χ1) is 5.13. The highest BCUT2D eigenvalue weighted by atomic mass is 32.1. The molecule has 6 heteroatoms. The first kappa shape index (κ1) is 9.96. The molecule has 0 aliphatic rings. The number of guanidine groups is 1. The average Bonchev–Trinajstić information content (AvgIpc) is 1.85. The van der Waals surface area contributed by atoms with Gasteiger partial charge in [0.25, 0.3) is 5.17 Å². The SMILES string of the molecule is N=C(N)NCCCOC(N)=S. The molecule has 0 rings (SSSR count). The molecular formula is C5H12N4OS. The molecule has 0 amide bonds. The van der Waals surface area contributed by atoms with Gasteiger partial charge in [0.2, 0.25) is 0 Å². The standard InChI is InChI=1S/C5H12N4OS/c6-4(7)9-2-1-3-10-5(8)11/h1-3H2,(H2,8,11)(H4,6,7,9). The summed E-state index contributed by atoms with van der Waals surface area (Å²) in [4.78, 5) is 0. The number of rotatable bonds is 4. The number of nitrogens with two attached hydrogens (primary N) is 2. The van der Waals surface area contributed by atoms with E-state index in [4.69, 9.17) is 21.6 Å². The molecule has 0 aromatic rings. The van der Waals surface area contributed by atoms with Crippen molar-refractivity contribution >= 4 is 23.4 Å². The third kappa shape index (κ3) is 8.96. The molecular weight excluding hydrogens is 164 g/mol. The van der Waals surface area contributed by atoms with Crippen LogP contribution in [0.3, 0.4) is 0 Å². The van der Waals surface area contributed by atoms with Gasteiger partial charge in [-0.1, -0.05) is 0 Å². The average molecular weight is 176 g/mol. The van der Waals surface area contributed by atoms with Gasteiger partial charge < -0.3 is 21.5 Å². The third-order valence-corrected chi connectivity index (χ3v) is 0.999. The van der Waals surface area contributed by atoms with Gasteiger partial charge in [0.1, 0.15) is 0 Å². The highest BCUT2D eigenvalue weighted by molar-refractivity contribution is 7.80. The Labute approximate surface area is 70.6 Å². The lowest BCUT2D eigenvalue weighted by atomic mass is 10.4. The van der Waals surface area contributed by atoms with E-state index in [1.807, 2.05) is 0 Å². The van der Waals surface area contributed by atoms with Crippen LogP contribution >= 0.6 is 12.2 Å². The van der Waals surface area contributed by atoms with Crippen LogP contribution in [0.1, 0.15) is 6.42 Å². The van der Waals surface area contributed by atoms with Crippen LogP contribution in [0.5, 0.6) is 0 Å². The fourth-order valence-corrected chi connectivity index (χ4v) is 0.551. The normalized spacial score (nSPS) is 8.73. The molecule has 11 heavy (non-hydrogen) atoms. The fraction of sp³-hybridized carbons (Fsp3) is 0.600. The van der Waals surface area contributed by atoms with Gasteiger partial charge in [-0.2, -0.15) is 0 Å². The Bertz CT molecular complexity index is 133. The first-order valence-corrected chi connectivity index (χ1v) is 3.54. The van der Waals surface area contributed by atoms with Gasteiger partial charge in [-0.05, 0) is 18.6 Å². The van der Waals surface area contributed by atoms with Gasteiger partial charge in [0.05, 0.1) is 6.61 Å². The molecule has 0 heterocycles. The second-order valence-electron chi connectivity index (χ2n) is 1.86. The van der Waals surface area contributed by atoms with E-state index >= 15 is 0 Å². The van der Waals surface area contributed by atoms with Crippen molar-refractivity contribution in [1.29, 1.82) is 5.41 Å². The van der Waals surface area contributed by atoms with Crippen LogP contribution in [0.25, 0.3) is 0 Å². The zero-order valence-electron chi connectivity index (χ0n) is 6.09. The Hall–Kier alpha value is -1.04. The summed E-state index contributed by atoms with van der Waals surface area (Å²) in [5.41, 5.74) is 10.1. The Morgan fingerprint density at radius 3 is 2.64 bits per heavy atom. The van der Waals surface area contributed by atoms with E-state index in [1.54, 1.807) is 0 Å². The van der Waals surface area contributed by atoms with Gasteiger partial charge in [0, 0.05) is 6.54 Å². The molecule has 5 nitrogen and oxygen atoms in total. The van der Waals surface area contributed by atoms with Gasteiger partial charge in [-0.25, -0.2) is 0 Å². The minimum Gasteiger partial charge on any atom is -0.471 e. The second kappa shape index (κ2) is 5.72. The summed E-state index contributed by atoms with van der Waals surface area (Å²) in [7, 11) is 0. The van der Waals surface area contributed by atoms with Crippen LogP contribution < -0.4 is 16.8 Å². The summed E-state index contributed by atoms with van der Waals surface area (Å²) in [5.74, 6) is -0.0414. The van der Waals surface area contributed by atoms with Crippen LogP contribution in [0.4, 0.5) is 0 Å². The molecule has 0 aromatic carbocycles. The summed E-state index contributed by atoms with van der Waals surface area (Å²) in [6, 6.07) is 0. The number of thiocarbonyl (C=S) groups is 1. The molecule has 0 spiro atoms. The van der Waals surface area contributed by atoms with Crippen molar-refractivity contribution in [3.63, 3.8) is 0 Å². The van der Waals surface area contributed by atoms with Crippen molar-refractivity contribution in [2.45, 2.75) is 6.42 Å². The zero-order chi connectivity index (χ0) is 8.69. The molecule has 0 aliphatic heterocycles. The Morgan fingerprint density at radius 2 is 2.18 bits per heavy atom. The zero-order valence-corrected chi connectivity index (χ0v) is 6.91. The predicted molar refractivity (Wildman–Crippen MR) is 47.3 cm³/mol. The Balaban J connectivity index is 3.03. The molecule has 0 radical (unpaired) electrons. The molecule has 0 atom stereocenters. The van der Waals surface area contributed by atoms with E-state index < -0.39 is 0 Å². The second-order valence-corrected chi connectivity index (χ2v) is 2.26. The van der Waals surface area contributed by atoms with Crippen molar-refractivity contribution in [3.8, 4) is 0 Å². The largest absolute Gasteiger partial charge is 0.471 e. The number of hydrogen-bond acceptors (Lipinski definition) is 3. The van der Waals surface area contributed by atoms with E-state index in [0.29, 0.717) is 13.2 Å². The van der Waals surface area contributed by atoms with E-state index in [2.05, 4.69) is 17.5 Å². The molecule has 0 saturated heterocycles. The number of hydrogen-bond donors (Lipinski definition) is 4. The molecule has 64 valence electrons. The maximum absolute atomic E-state index is 6.79. The predicted octanol–water partition coefficient (Wildman–Crippen LogP) is -0.880. The molecule has 0 unspecified atom stereocenters. The van der Waals surface area contributed by atoms with Gasteiger partial charge in [-0.15, -0.1) is 0 Å². The van der Waals surface area contributed by atoms with Crippen LogP contribution in [0.2, 0.25) is 0 Å². The van der Waals surface area contributed by atoms with E-state index in [-0.39, 0.29) is 11.1 Å². The Kier molecular flexibility index (Phi) is 5.18. The molecule has 6 N–H and O–H groups in total. The van der Waals surface area contributed by atoms with Crippen molar-refractivity contribution < 1.29 is 4.74 Å². The molecule has 0 fully saturated rings. The summed E-state index contributed by atoms with van der Waals surface area (Å²) in [6.45, 7) is 1.05. The van der Waals surface area contributed by atoms with E-state index in [9.17, 15) is 0 Å². The number of nitrogens with one attached hydrogen (secondary N) is 2. The lowest BCUT2D eigenvalue weighted by molar-refractivity contribution is 0.302. The quantitative estimate of drug-likeness (QED) is 0.193. The summed E-state index contributed by atoms with van der Waals surface area (Å²) >= 11 is 4.46. The summed E-state index contributed by atoms with van der Waals surface area (Å²) in [5, 5.41) is 9.45. The van der Waals surface area contributed by atoms with Gasteiger partial charge >= 0.3 is 0 Å². The topological polar surface area (TPSA) is 97.2 Å². The van der Waals surface area contributed by atoms with Crippen molar-refractivity contribution in [2.75, 3.05) is 13.2 Å². The molecule has 0 saturated carbocycles. The Morgan fingerprint density at radius 1 is 1.55 bits per heavy atom. The van der Waals surface area contributed by atoms with Crippen LogP contribution in [-0.2, 0) is 4.74 Å². The highest BCUT2D eigenvalue weighted by Crippen LogP contribution is 1.79. The lowest BCUT2D eigenvalue weighted by Gasteiger charge is -2.03. The van der Waals surface area contributed by atoms with Crippen LogP contribution in [0, 0.1) is 5.41 Å². The third-order valence-electron chi connectivity index (χ3n) is 0.881. The van der Waals surface area contributed by atoms with Crippen molar-refractivity contribution in [1.82, 2.24) is 5.32 Å². The lowest BCUT2D eigenvalue weighted by Crippen LogP contribution is -2.31.